The Labute approximate surface area is 182 Å². The summed E-state index contributed by atoms with van der Waals surface area (Å²) in [6, 6.07) is 6.46. The summed E-state index contributed by atoms with van der Waals surface area (Å²) in [6.45, 7) is 6.68. The van der Waals surface area contributed by atoms with E-state index in [0.29, 0.717) is 30.3 Å². The molecule has 3 aliphatic heterocycles. The summed E-state index contributed by atoms with van der Waals surface area (Å²) in [5.74, 6) is -0.944. The van der Waals surface area contributed by atoms with Crippen molar-refractivity contribution < 1.29 is 23.9 Å². The number of nitrogens with zero attached hydrogens (tertiary/aromatic N) is 3. The van der Waals surface area contributed by atoms with Crippen LogP contribution >= 0.6 is 0 Å². The predicted molar refractivity (Wildman–Crippen MR) is 113 cm³/mol. The van der Waals surface area contributed by atoms with E-state index < -0.39 is 18.2 Å². The van der Waals surface area contributed by atoms with Gasteiger partial charge in [-0.1, -0.05) is 19.1 Å². The Morgan fingerprint density at radius 2 is 1.84 bits per heavy atom. The lowest BCUT2D eigenvalue weighted by atomic mass is 9.95. The van der Waals surface area contributed by atoms with Gasteiger partial charge in [0.25, 0.3) is 11.8 Å². The zero-order valence-electron chi connectivity index (χ0n) is 18.3. The Hall–Kier alpha value is -2.90. The molecule has 2 saturated heterocycles. The van der Waals surface area contributed by atoms with Gasteiger partial charge in [-0.25, -0.2) is 4.79 Å². The van der Waals surface area contributed by atoms with E-state index in [0.717, 1.165) is 12.8 Å². The molecule has 1 atom stereocenters. The van der Waals surface area contributed by atoms with Gasteiger partial charge >= 0.3 is 5.97 Å². The first-order valence-electron chi connectivity index (χ1n) is 11.0. The first-order valence-corrected chi connectivity index (χ1v) is 11.0. The number of likely N-dealkylation sites (tertiary alicyclic amines) is 1. The summed E-state index contributed by atoms with van der Waals surface area (Å²) in [4.78, 5) is 56.9. The summed E-state index contributed by atoms with van der Waals surface area (Å²) < 4.78 is 5.50. The first kappa shape index (κ1) is 21.3. The average molecular weight is 428 g/mol. The van der Waals surface area contributed by atoms with Crippen LogP contribution in [-0.4, -0.2) is 64.9 Å². The minimum absolute atomic E-state index is 0.123. The van der Waals surface area contributed by atoms with Gasteiger partial charge in [-0.05, 0) is 44.7 Å². The van der Waals surface area contributed by atoms with E-state index in [1.165, 1.54) is 9.80 Å². The number of anilines is 1. The zero-order valence-corrected chi connectivity index (χ0v) is 18.3. The van der Waals surface area contributed by atoms with E-state index in [1.807, 2.05) is 13.8 Å². The number of amides is 3. The van der Waals surface area contributed by atoms with Gasteiger partial charge in [0.05, 0.1) is 11.3 Å². The molecule has 3 aliphatic rings. The zero-order chi connectivity index (χ0) is 22.3. The highest BCUT2D eigenvalue weighted by Gasteiger charge is 2.62. The number of carbonyl (C=O) groups excluding carboxylic acids is 4. The molecule has 0 spiro atoms. The second kappa shape index (κ2) is 7.98. The minimum atomic E-state index is -1.56. The Bertz CT molecular complexity index is 922. The molecule has 1 aromatic rings. The van der Waals surface area contributed by atoms with Crippen molar-refractivity contribution in [3.63, 3.8) is 0 Å². The normalized spacial score (nSPS) is 23.8. The third-order valence-electron chi connectivity index (χ3n) is 6.61. The van der Waals surface area contributed by atoms with Gasteiger partial charge < -0.3 is 14.5 Å². The van der Waals surface area contributed by atoms with E-state index >= 15 is 0 Å². The molecule has 4 rings (SSSR count). The molecule has 0 radical (unpaired) electrons. The van der Waals surface area contributed by atoms with Crippen LogP contribution in [0.4, 0.5) is 5.69 Å². The molecule has 8 heteroatoms. The number of rotatable bonds is 4. The Morgan fingerprint density at radius 1 is 1.16 bits per heavy atom. The molecule has 0 aromatic heterocycles. The quantitative estimate of drug-likeness (QED) is 0.688. The number of hydrogen-bond acceptors (Lipinski definition) is 5. The largest absolute Gasteiger partial charge is 0.452 e. The molecule has 166 valence electrons. The standard InChI is InChI=1S/C23H29N3O5/c1-15(2)25-21(29)17-6-4-5-7-18(17)26-19(27)8-11-23(25,26)22(30)31-14-20(28)24-12-9-16(3)10-13-24/h4-7,15-16H,8-14H2,1-3H3/t23-/m1/s1. The molecule has 2 fully saturated rings. The van der Waals surface area contributed by atoms with Gasteiger partial charge in [0.2, 0.25) is 11.6 Å². The summed E-state index contributed by atoms with van der Waals surface area (Å²) in [5, 5.41) is 0. The Kier molecular flexibility index (Phi) is 5.49. The van der Waals surface area contributed by atoms with Crippen molar-refractivity contribution >= 4 is 29.4 Å². The average Bonchev–Trinajstić information content (AvgIpc) is 3.10. The van der Waals surface area contributed by atoms with Crippen LogP contribution in [0.3, 0.4) is 0 Å². The highest BCUT2D eigenvalue weighted by molar-refractivity contribution is 6.15. The number of para-hydroxylation sites is 1. The van der Waals surface area contributed by atoms with Crippen LogP contribution in [0.25, 0.3) is 0 Å². The van der Waals surface area contributed by atoms with Crippen molar-refractivity contribution in [2.75, 3.05) is 24.6 Å². The highest BCUT2D eigenvalue weighted by atomic mass is 16.5. The highest BCUT2D eigenvalue weighted by Crippen LogP contribution is 2.45. The maximum Gasteiger partial charge on any atom is 0.354 e. The van der Waals surface area contributed by atoms with Crippen molar-refractivity contribution in [2.45, 2.75) is 58.2 Å². The number of fused-ring (bicyclic) bond motifs is 3. The van der Waals surface area contributed by atoms with Crippen LogP contribution in [0.1, 0.15) is 56.8 Å². The molecule has 8 nitrogen and oxygen atoms in total. The summed E-state index contributed by atoms with van der Waals surface area (Å²) >= 11 is 0. The fourth-order valence-corrected chi connectivity index (χ4v) is 4.97. The number of benzene rings is 1. The number of esters is 1. The summed E-state index contributed by atoms with van der Waals surface area (Å²) in [5.41, 5.74) is -0.763. The van der Waals surface area contributed by atoms with E-state index in [1.54, 1.807) is 29.2 Å². The maximum absolute atomic E-state index is 13.5. The smallest absolute Gasteiger partial charge is 0.354 e. The van der Waals surface area contributed by atoms with Crippen LogP contribution in [-0.2, 0) is 19.1 Å². The van der Waals surface area contributed by atoms with Gasteiger partial charge in [0, 0.05) is 32.0 Å². The van der Waals surface area contributed by atoms with Crippen molar-refractivity contribution in [1.82, 2.24) is 9.80 Å². The van der Waals surface area contributed by atoms with Crippen molar-refractivity contribution in [1.29, 1.82) is 0 Å². The predicted octanol–water partition coefficient (Wildman–Crippen LogP) is 2.18. The monoisotopic (exact) mass is 427 g/mol. The molecule has 3 heterocycles. The SMILES string of the molecule is CC1CCN(C(=O)COC(=O)[C@@]23CCC(=O)N2c2ccccc2C(=O)N3C(C)C)CC1. The van der Waals surface area contributed by atoms with Gasteiger partial charge in [0.1, 0.15) is 0 Å². The lowest BCUT2D eigenvalue weighted by Crippen LogP contribution is -2.70. The minimum Gasteiger partial charge on any atom is -0.452 e. The van der Waals surface area contributed by atoms with Crippen LogP contribution in [0.5, 0.6) is 0 Å². The Balaban J connectivity index is 1.62. The van der Waals surface area contributed by atoms with Crippen molar-refractivity contribution in [3.8, 4) is 0 Å². The van der Waals surface area contributed by atoms with Crippen molar-refractivity contribution in [2.24, 2.45) is 5.92 Å². The van der Waals surface area contributed by atoms with Crippen molar-refractivity contribution in [3.05, 3.63) is 29.8 Å². The van der Waals surface area contributed by atoms with E-state index in [-0.39, 0.29) is 36.6 Å². The lowest BCUT2D eigenvalue weighted by Gasteiger charge is -2.50. The van der Waals surface area contributed by atoms with Crippen LogP contribution in [0.2, 0.25) is 0 Å². The Morgan fingerprint density at radius 3 is 2.52 bits per heavy atom. The summed E-state index contributed by atoms with van der Waals surface area (Å²) in [6.07, 6.45) is 2.12. The fraction of sp³-hybridized carbons (Fsp3) is 0.565. The van der Waals surface area contributed by atoms with Crippen LogP contribution in [0, 0.1) is 5.92 Å². The van der Waals surface area contributed by atoms with Crippen LogP contribution < -0.4 is 4.90 Å². The van der Waals surface area contributed by atoms with E-state index in [2.05, 4.69) is 6.92 Å². The maximum atomic E-state index is 13.5. The van der Waals surface area contributed by atoms with E-state index in [4.69, 9.17) is 4.74 Å². The lowest BCUT2D eigenvalue weighted by molar-refractivity contribution is -0.163. The first-order chi connectivity index (χ1) is 14.8. The third kappa shape index (κ3) is 3.38. The van der Waals surface area contributed by atoms with E-state index in [9.17, 15) is 19.2 Å². The fourth-order valence-electron chi connectivity index (χ4n) is 4.97. The second-order valence-electron chi connectivity index (χ2n) is 8.97. The molecule has 0 N–H and O–H groups in total. The van der Waals surface area contributed by atoms with Gasteiger partial charge in [-0.15, -0.1) is 0 Å². The van der Waals surface area contributed by atoms with Gasteiger partial charge in [0.15, 0.2) is 6.61 Å². The molecule has 1 aromatic carbocycles. The van der Waals surface area contributed by atoms with Gasteiger partial charge in [-0.2, -0.15) is 0 Å². The number of hydrogen-bond donors (Lipinski definition) is 0. The number of piperidine rings is 1. The second-order valence-corrected chi connectivity index (χ2v) is 8.97. The van der Waals surface area contributed by atoms with Crippen LogP contribution in [0.15, 0.2) is 24.3 Å². The number of carbonyl (C=O) groups is 4. The number of ether oxygens (including phenoxy) is 1. The third-order valence-corrected chi connectivity index (χ3v) is 6.61. The molecule has 0 bridgehead atoms. The molecule has 0 aliphatic carbocycles. The molecule has 3 amide bonds. The molecule has 31 heavy (non-hydrogen) atoms. The molecule has 0 unspecified atom stereocenters. The summed E-state index contributed by atoms with van der Waals surface area (Å²) in [7, 11) is 0. The molecular formula is C23H29N3O5. The molecule has 0 saturated carbocycles. The topological polar surface area (TPSA) is 87.2 Å². The van der Waals surface area contributed by atoms with Gasteiger partial charge in [-0.3, -0.25) is 19.3 Å². The molecular weight excluding hydrogens is 398 g/mol.